The first-order valence-corrected chi connectivity index (χ1v) is 28.3. The van der Waals surface area contributed by atoms with Gasteiger partial charge in [0.2, 0.25) is 0 Å². The molecule has 0 rings (SSSR count). The molecule has 0 aromatic rings. The fourth-order valence-electron chi connectivity index (χ4n) is 8.11. The van der Waals surface area contributed by atoms with Crippen LogP contribution in [0, 0.1) is 0 Å². The largest absolute Gasteiger partial charge is 0.462 e. The van der Waals surface area contributed by atoms with Crippen LogP contribution in [0.5, 0.6) is 0 Å². The van der Waals surface area contributed by atoms with Crippen molar-refractivity contribution in [3.05, 3.63) is 60.8 Å². The summed E-state index contributed by atoms with van der Waals surface area (Å²) < 4.78 is 16.6. The summed E-state index contributed by atoms with van der Waals surface area (Å²) in [6, 6.07) is 0. The van der Waals surface area contributed by atoms with Crippen LogP contribution in [-0.2, 0) is 28.6 Å². The summed E-state index contributed by atoms with van der Waals surface area (Å²) in [7, 11) is 0. The maximum atomic E-state index is 12.7. The number of hydrogen-bond donors (Lipinski definition) is 0. The fraction of sp³-hybridized carbons (Fsp3) is 0.783. The van der Waals surface area contributed by atoms with Crippen LogP contribution < -0.4 is 0 Å². The summed E-state index contributed by atoms with van der Waals surface area (Å²) in [5.74, 6) is -1.05. The molecule has 0 spiro atoms. The number of allylic oxidation sites excluding steroid dienone is 9. The highest BCUT2D eigenvalue weighted by Gasteiger charge is 2.19. The van der Waals surface area contributed by atoms with Crippen molar-refractivity contribution in [2.24, 2.45) is 0 Å². The molecular formula is C60H106O6. The minimum atomic E-state index is -0.822. The summed E-state index contributed by atoms with van der Waals surface area (Å²) in [6.45, 7) is 6.38. The normalized spacial score (nSPS) is 12.5. The first-order valence-electron chi connectivity index (χ1n) is 28.3. The van der Waals surface area contributed by atoms with Crippen LogP contribution in [0.15, 0.2) is 60.8 Å². The third kappa shape index (κ3) is 52.1. The molecule has 0 radical (unpaired) electrons. The molecular weight excluding hydrogens is 817 g/mol. The SMILES string of the molecule is CC/C=C\C/C=C\C/C=C\C/C=C\C/C=C\CC(=O)OC(COC(=O)CCCCCCC)COC(=O)CCCCCCCCCCCCCCCCCCCCCCCCCCCCCC. The van der Waals surface area contributed by atoms with Crippen molar-refractivity contribution in [3.8, 4) is 0 Å². The molecule has 0 aromatic carbocycles. The Morgan fingerprint density at radius 2 is 0.576 bits per heavy atom. The maximum absolute atomic E-state index is 12.7. The summed E-state index contributed by atoms with van der Waals surface area (Å²) in [5.41, 5.74) is 0. The lowest BCUT2D eigenvalue weighted by molar-refractivity contribution is -0.166. The van der Waals surface area contributed by atoms with Gasteiger partial charge in [0, 0.05) is 12.8 Å². The zero-order chi connectivity index (χ0) is 47.9. The van der Waals surface area contributed by atoms with Gasteiger partial charge >= 0.3 is 17.9 Å². The van der Waals surface area contributed by atoms with Crippen molar-refractivity contribution < 1.29 is 28.6 Å². The Morgan fingerprint density at radius 3 is 0.864 bits per heavy atom. The van der Waals surface area contributed by atoms with E-state index in [9.17, 15) is 14.4 Å². The van der Waals surface area contributed by atoms with E-state index in [1.54, 1.807) is 6.08 Å². The van der Waals surface area contributed by atoms with Crippen LogP contribution >= 0.6 is 0 Å². The first kappa shape index (κ1) is 63.1. The van der Waals surface area contributed by atoms with Gasteiger partial charge in [-0.05, 0) is 44.9 Å². The zero-order valence-electron chi connectivity index (χ0n) is 43.7. The molecule has 0 fully saturated rings. The molecule has 0 saturated heterocycles. The second-order valence-electron chi connectivity index (χ2n) is 18.9. The van der Waals surface area contributed by atoms with Crippen molar-refractivity contribution in [2.45, 2.75) is 290 Å². The van der Waals surface area contributed by atoms with Gasteiger partial charge in [0.1, 0.15) is 13.2 Å². The molecule has 0 aromatic heterocycles. The molecule has 382 valence electrons. The monoisotopic (exact) mass is 923 g/mol. The van der Waals surface area contributed by atoms with E-state index in [1.807, 2.05) is 6.08 Å². The van der Waals surface area contributed by atoms with Crippen LogP contribution in [0.3, 0.4) is 0 Å². The molecule has 0 bridgehead atoms. The molecule has 0 aliphatic carbocycles. The molecule has 66 heavy (non-hydrogen) atoms. The van der Waals surface area contributed by atoms with Gasteiger partial charge in [-0.1, -0.05) is 281 Å². The van der Waals surface area contributed by atoms with Crippen molar-refractivity contribution in [1.29, 1.82) is 0 Å². The zero-order valence-corrected chi connectivity index (χ0v) is 43.7. The number of carbonyl (C=O) groups excluding carboxylic acids is 3. The van der Waals surface area contributed by atoms with E-state index in [-0.39, 0.29) is 31.6 Å². The Bertz CT molecular complexity index is 1200. The molecule has 0 aliphatic heterocycles. The second kappa shape index (κ2) is 54.7. The smallest absolute Gasteiger partial charge is 0.310 e. The number of ether oxygens (including phenoxy) is 3. The molecule has 1 atom stereocenters. The van der Waals surface area contributed by atoms with Crippen molar-refractivity contribution in [3.63, 3.8) is 0 Å². The summed E-state index contributed by atoms with van der Waals surface area (Å²) >= 11 is 0. The van der Waals surface area contributed by atoms with Crippen LogP contribution in [0.1, 0.15) is 284 Å². The van der Waals surface area contributed by atoms with Crippen molar-refractivity contribution in [1.82, 2.24) is 0 Å². The fourth-order valence-corrected chi connectivity index (χ4v) is 8.11. The van der Waals surface area contributed by atoms with Crippen LogP contribution in [0.4, 0.5) is 0 Å². The second-order valence-corrected chi connectivity index (χ2v) is 18.9. The van der Waals surface area contributed by atoms with Crippen molar-refractivity contribution >= 4 is 17.9 Å². The molecule has 6 heteroatoms. The number of esters is 3. The Kier molecular flexibility index (Phi) is 52.3. The van der Waals surface area contributed by atoms with E-state index < -0.39 is 12.1 Å². The van der Waals surface area contributed by atoms with E-state index in [2.05, 4.69) is 69.4 Å². The minimum absolute atomic E-state index is 0.100. The summed E-state index contributed by atoms with van der Waals surface area (Å²) in [4.78, 5) is 37.6. The van der Waals surface area contributed by atoms with E-state index in [4.69, 9.17) is 14.2 Å². The number of unbranched alkanes of at least 4 members (excludes halogenated alkanes) is 31. The Labute approximate surface area is 409 Å². The average Bonchev–Trinajstić information content (AvgIpc) is 3.31. The Balaban J connectivity index is 4.04. The third-order valence-electron chi connectivity index (χ3n) is 12.3. The highest BCUT2D eigenvalue weighted by atomic mass is 16.6. The van der Waals surface area contributed by atoms with E-state index in [0.717, 1.165) is 83.5 Å². The van der Waals surface area contributed by atoms with Gasteiger partial charge in [-0.25, -0.2) is 0 Å². The summed E-state index contributed by atoms with van der Waals surface area (Å²) in [6.07, 6.45) is 68.8. The maximum Gasteiger partial charge on any atom is 0.310 e. The van der Waals surface area contributed by atoms with Gasteiger partial charge in [0.15, 0.2) is 6.10 Å². The lowest BCUT2D eigenvalue weighted by Gasteiger charge is -2.18. The first-order chi connectivity index (χ1) is 32.5. The molecule has 0 N–H and O–H groups in total. The van der Waals surface area contributed by atoms with Gasteiger partial charge < -0.3 is 14.2 Å². The number of hydrogen-bond acceptors (Lipinski definition) is 6. The van der Waals surface area contributed by atoms with Crippen LogP contribution in [0.2, 0.25) is 0 Å². The Hall–Kier alpha value is -2.89. The predicted molar refractivity (Wildman–Crippen MR) is 284 cm³/mol. The standard InChI is InChI=1S/C60H106O6/c1-4-7-10-13-15-17-19-21-23-24-25-26-27-28-29-30-31-32-33-34-35-37-38-40-42-44-47-50-53-59(62)65-56-57(55-64-58(61)52-49-46-12-9-6-3)66-60(63)54-51-48-45-43-41-39-36-22-20-18-16-14-11-8-5-2/h8,11,16,18,22,36,41,43,48,51,57H,4-7,9-10,12-15,17,19-21,23-35,37-40,42,44-47,49-50,52-56H2,1-3H3/b11-8-,18-16-,36-22-,43-41-,51-48-. The predicted octanol–water partition coefficient (Wildman–Crippen LogP) is 18.8. The van der Waals surface area contributed by atoms with E-state index in [0.29, 0.717) is 12.8 Å². The Morgan fingerprint density at radius 1 is 0.318 bits per heavy atom. The highest BCUT2D eigenvalue weighted by Crippen LogP contribution is 2.17. The van der Waals surface area contributed by atoms with Crippen LogP contribution in [0.25, 0.3) is 0 Å². The van der Waals surface area contributed by atoms with Gasteiger partial charge in [-0.15, -0.1) is 0 Å². The summed E-state index contributed by atoms with van der Waals surface area (Å²) in [5, 5.41) is 0. The number of rotatable bonds is 51. The van der Waals surface area contributed by atoms with Crippen molar-refractivity contribution in [2.75, 3.05) is 13.2 Å². The minimum Gasteiger partial charge on any atom is -0.462 e. The van der Waals surface area contributed by atoms with E-state index in [1.165, 1.54) is 161 Å². The number of carbonyl (C=O) groups is 3. The average molecular weight is 924 g/mol. The molecule has 0 aliphatic rings. The molecule has 0 heterocycles. The van der Waals surface area contributed by atoms with Gasteiger partial charge in [0.05, 0.1) is 6.42 Å². The van der Waals surface area contributed by atoms with Gasteiger partial charge in [0.25, 0.3) is 0 Å². The quantitative estimate of drug-likeness (QED) is 0.0262. The molecule has 1 unspecified atom stereocenters. The lowest BCUT2D eigenvalue weighted by Crippen LogP contribution is -2.30. The molecule has 6 nitrogen and oxygen atoms in total. The highest BCUT2D eigenvalue weighted by molar-refractivity contribution is 5.72. The van der Waals surface area contributed by atoms with Gasteiger partial charge in [-0.2, -0.15) is 0 Å². The van der Waals surface area contributed by atoms with Gasteiger partial charge in [-0.3, -0.25) is 14.4 Å². The van der Waals surface area contributed by atoms with Crippen LogP contribution in [-0.4, -0.2) is 37.2 Å². The molecule has 0 saturated carbocycles. The topological polar surface area (TPSA) is 78.9 Å². The molecule has 0 amide bonds. The third-order valence-corrected chi connectivity index (χ3v) is 12.3. The lowest BCUT2D eigenvalue weighted by atomic mass is 10.0. The van der Waals surface area contributed by atoms with E-state index >= 15 is 0 Å².